The Hall–Kier alpha value is -0.580. The standard InChI is InChI=1S/C13H20N2OS.ClH/c1-10(14)11-4-2-6-15(9-11)13(16)8-12-5-3-7-17-12;/h3,5,7,10-11H,2,4,6,8-9,14H2,1H3;1H. The molecule has 0 saturated carbocycles. The van der Waals surface area contributed by atoms with Gasteiger partial charge in [-0.3, -0.25) is 4.79 Å². The smallest absolute Gasteiger partial charge is 0.227 e. The lowest BCUT2D eigenvalue weighted by Crippen LogP contribution is -2.45. The van der Waals surface area contributed by atoms with Crippen LogP contribution in [0.1, 0.15) is 24.6 Å². The van der Waals surface area contributed by atoms with Gasteiger partial charge in [0.2, 0.25) is 5.91 Å². The van der Waals surface area contributed by atoms with Crippen LogP contribution in [0.3, 0.4) is 0 Å². The summed E-state index contributed by atoms with van der Waals surface area (Å²) in [6.07, 6.45) is 2.78. The van der Waals surface area contributed by atoms with Crippen LogP contribution in [0.5, 0.6) is 0 Å². The Morgan fingerprint density at radius 2 is 2.44 bits per heavy atom. The minimum absolute atomic E-state index is 0. The molecular formula is C13H21ClN2OS. The van der Waals surface area contributed by atoms with E-state index in [4.69, 9.17) is 5.73 Å². The normalized spacial score (nSPS) is 21.2. The van der Waals surface area contributed by atoms with Crippen LogP contribution in [0.4, 0.5) is 0 Å². The summed E-state index contributed by atoms with van der Waals surface area (Å²) in [5, 5.41) is 2.02. The first kappa shape index (κ1) is 15.5. The maximum absolute atomic E-state index is 12.1. The van der Waals surface area contributed by atoms with Crippen LogP contribution in [0.25, 0.3) is 0 Å². The Morgan fingerprint density at radius 3 is 3.06 bits per heavy atom. The number of hydrogen-bond acceptors (Lipinski definition) is 3. The number of thiophene rings is 1. The fraction of sp³-hybridized carbons (Fsp3) is 0.615. The van der Waals surface area contributed by atoms with Crippen LogP contribution in [-0.4, -0.2) is 29.9 Å². The van der Waals surface area contributed by atoms with Gasteiger partial charge in [-0.15, -0.1) is 23.7 Å². The number of piperidine rings is 1. The number of carbonyl (C=O) groups is 1. The summed E-state index contributed by atoms with van der Waals surface area (Å²) in [4.78, 5) is 15.3. The molecule has 18 heavy (non-hydrogen) atoms. The maximum Gasteiger partial charge on any atom is 0.227 e. The van der Waals surface area contributed by atoms with Gasteiger partial charge in [-0.05, 0) is 37.1 Å². The molecule has 3 nitrogen and oxygen atoms in total. The molecule has 0 spiro atoms. The summed E-state index contributed by atoms with van der Waals surface area (Å²) < 4.78 is 0. The van der Waals surface area contributed by atoms with Crippen LogP contribution >= 0.6 is 23.7 Å². The van der Waals surface area contributed by atoms with Crippen molar-refractivity contribution in [2.24, 2.45) is 11.7 Å². The molecule has 0 aliphatic carbocycles. The van der Waals surface area contributed by atoms with E-state index in [9.17, 15) is 4.79 Å². The lowest BCUT2D eigenvalue weighted by atomic mass is 9.92. The summed E-state index contributed by atoms with van der Waals surface area (Å²) in [5.74, 6) is 0.717. The van der Waals surface area contributed by atoms with Gasteiger partial charge in [0.25, 0.3) is 0 Å². The summed E-state index contributed by atoms with van der Waals surface area (Å²) >= 11 is 1.65. The molecule has 0 bridgehead atoms. The molecule has 0 radical (unpaired) electrons. The average molecular weight is 289 g/mol. The number of nitrogens with zero attached hydrogens (tertiary/aromatic N) is 1. The highest BCUT2D eigenvalue weighted by Crippen LogP contribution is 2.20. The SMILES string of the molecule is CC(N)C1CCCN(C(=O)Cc2cccs2)C1.Cl. The molecule has 1 amide bonds. The zero-order chi connectivity index (χ0) is 12.3. The minimum atomic E-state index is 0. The van der Waals surface area contributed by atoms with Crippen molar-refractivity contribution in [1.29, 1.82) is 0 Å². The second kappa shape index (κ2) is 7.12. The highest BCUT2D eigenvalue weighted by molar-refractivity contribution is 7.10. The predicted molar refractivity (Wildman–Crippen MR) is 78.2 cm³/mol. The molecule has 102 valence electrons. The van der Waals surface area contributed by atoms with E-state index in [1.807, 2.05) is 29.3 Å². The predicted octanol–water partition coefficient (Wildman–Crippen LogP) is 2.30. The van der Waals surface area contributed by atoms with E-state index in [1.165, 1.54) is 0 Å². The number of rotatable bonds is 3. The molecule has 1 aliphatic rings. The average Bonchev–Trinajstić information content (AvgIpc) is 2.82. The van der Waals surface area contributed by atoms with Gasteiger partial charge < -0.3 is 10.6 Å². The molecule has 2 rings (SSSR count). The van der Waals surface area contributed by atoms with E-state index in [-0.39, 0.29) is 24.4 Å². The van der Waals surface area contributed by atoms with E-state index < -0.39 is 0 Å². The molecule has 2 atom stereocenters. The van der Waals surface area contributed by atoms with Gasteiger partial charge in [-0.2, -0.15) is 0 Å². The van der Waals surface area contributed by atoms with E-state index in [0.29, 0.717) is 12.3 Å². The topological polar surface area (TPSA) is 46.3 Å². The number of hydrogen-bond donors (Lipinski definition) is 1. The summed E-state index contributed by atoms with van der Waals surface area (Å²) in [7, 11) is 0. The molecule has 2 N–H and O–H groups in total. The third-order valence-electron chi connectivity index (χ3n) is 3.46. The lowest BCUT2D eigenvalue weighted by Gasteiger charge is -2.34. The fourth-order valence-corrected chi connectivity index (χ4v) is 3.04. The monoisotopic (exact) mass is 288 g/mol. The van der Waals surface area contributed by atoms with Gasteiger partial charge in [0.1, 0.15) is 0 Å². The Balaban J connectivity index is 0.00000162. The number of halogens is 1. The largest absolute Gasteiger partial charge is 0.342 e. The third kappa shape index (κ3) is 3.97. The molecule has 1 aromatic heterocycles. The molecule has 2 heterocycles. The molecule has 0 aromatic carbocycles. The summed E-state index contributed by atoms with van der Waals surface area (Å²) in [6.45, 7) is 3.77. The van der Waals surface area contributed by atoms with Crippen molar-refractivity contribution in [3.63, 3.8) is 0 Å². The van der Waals surface area contributed by atoms with Crippen molar-refractivity contribution in [3.8, 4) is 0 Å². The number of nitrogens with two attached hydrogens (primary N) is 1. The second-order valence-corrected chi connectivity index (χ2v) is 5.89. The van der Waals surface area contributed by atoms with Crippen molar-refractivity contribution in [2.45, 2.75) is 32.2 Å². The first-order valence-corrected chi connectivity index (χ1v) is 7.10. The van der Waals surface area contributed by atoms with Crippen LogP contribution in [0.2, 0.25) is 0 Å². The molecular weight excluding hydrogens is 268 g/mol. The van der Waals surface area contributed by atoms with Crippen LogP contribution in [0.15, 0.2) is 17.5 Å². The van der Waals surface area contributed by atoms with E-state index >= 15 is 0 Å². The van der Waals surface area contributed by atoms with Crippen molar-refractivity contribution >= 4 is 29.7 Å². The van der Waals surface area contributed by atoms with Crippen molar-refractivity contribution < 1.29 is 4.79 Å². The third-order valence-corrected chi connectivity index (χ3v) is 4.34. The van der Waals surface area contributed by atoms with Crippen LogP contribution in [0, 0.1) is 5.92 Å². The number of amides is 1. The first-order valence-electron chi connectivity index (χ1n) is 6.22. The maximum atomic E-state index is 12.1. The Labute approximate surface area is 119 Å². The fourth-order valence-electron chi connectivity index (χ4n) is 2.34. The quantitative estimate of drug-likeness (QED) is 0.928. The molecule has 5 heteroatoms. The van der Waals surface area contributed by atoms with Crippen molar-refractivity contribution in [3.05, 3.63) is 22.4 Å². The van der Waals surface area contributed by atoms with Crippen LogP contribution in [-0.2, 0) is 11.2 Å². The number of carbonyl (C=O) groups excluding carboxylic acids is 1. The highest BCUT2D eigenvalue weighted by Gasteiger charge is 2.25. The molecule has 1 saturated heterocycles. The van der Waals surface area contributed by atoms with Crippen molar-refractivity contribution in [2.75, 3.05) is 13.1 Å². The van der Waals surface area contributed by atoms with Crippen molar-refractivity contribution in [1.82, 2.24) is 4.90 Å². The van der Waals surface area contributed by atoms with Gasteiger partial charge in [-0.25, -0.2) is 0 Å². The molecule has 1 fully saturated rings. The molecule has 1 aliphatic heterocycles. The number of likely N-dealkylation sites (tertiary alicyclic amines) is 1. The highest BCUT2D eigenvalue weighted by atomic mass is 35.5. The van der Waals surface area contributed by atoms with Crippen LogP contribution < -0.4 is 5.73 Å². The second-order valence-electron chi connectivity index (χ2n) is 4.86. The Kier molecular flexibility index (Phi) is 6.12. The van der Waals surface area contributed by atoms with Gasteiger partial charge in [-0.1, -0.05) is 6.07 Å². The lowest BCUT2D eigenvalue weighted by molar-refractivity contribution is -0.132. The van der Waals surface area contributed by atoms with Gasteiger partial charge in [0, 0.05) is 24.0 Å². The molecule has 1 aromatic rings. The first-order chi connectivity index (χ1) is 8.16. The molecule has 2 unspecified atom stereocenters. The zero-order valence-electron chi connectivity index (χ0n) is 10.7. The Morgan fingerprint density at radius 1 is 1.67 bits per heavy atom. The summed E-state index contributed by atoms with van der Waals surface area (Å²) in [6, 6.07) is 4.21. The zero-order valence-corrected chi connectivity index (χ0v) is 12.3. The summed E-state index contributed by atoms with van der Waals surface area (Å²) in [5.41, 5.74) is 5.93. The Bertz CT molecular complexity index is 367. The van der Waals surface area contributed by atoms with Gasteiger partial charge in [0.15, 0.2) is 0 Å². The van der Waals surface area contributed by atoms with E-state index in [0.717, 1.165) is 30.8 Å². The van der Waals surface area contributed by atoms with Gasteiger partial charge >= 0.3 is 0 Å². The van der Waals surface area contributed by atoms with E-state index in [1.54, 1.807) is 11.3 Å². The minimum Gasteiger partial charge on any atom is -0.342 e. The van der Waals surface area contributed by atoms with E-state index in [2.05, 4.69) is 0 Å². The van der Waals surface area contributed by atoms with Gasteiger partial charge in [0.05, 0.1) is 6.42 Å².